The SMILES string of the molecule is CCSCCCN1CCC(CNCCOC)CC1. The highest BCUT2D eigenvalue weighted by Gasteiger charge is 2.18. The normalized spacial score (nSPS) is 18.3. The van der Waals surface area contributed by atoms with Gasteiger partial charge in [0, 0.05) is 13.7 Å². The third-order valence-corrected chi connectivity index (χ3v) is 4.58. The van der Waals surface area contributed by atoms with Gasteiger partial charge in [-0.3, -0.25) is 0 Å². The molecule has 1 heterocycles. The zero-order valence-electron chi connectivity index (χ0n) is 12.1. The molecule has 1 fully saturated rings. The molecule has 1 saturated heterocycles. The van der Waals surface area contributed by atoms with Crippen LogP contribution in [0.2, 0.25) is 0 Å². The summed E-state index contributed by atoms with van der Waals surface area (Å²) in [4.78, 5) is 2.64. The first-order chi connectivity index (χ1) is 8.86. The molecule has 1 aliphatic rings. The first-order valence-corrected chi connectivity index (χ1v) is 8.52. The van der Waals surface area contributed by atoms with E-state index in [1.165, 1.54) is 56.9 Å². The van der Waals surface area contributed by atoms with E-state index in [9.17, 15) is 0 Å². The molecular weight excluding hydrogens is 244 g/mol. The predicted molar refractivity (Wildman–Crippen MR) is 81.5 cm³/mol. The van der Waals surface area contributed by atoms with Gasteiger partial charge in [0.2, 0.25) is 0 Å². The van der Waals surface area contributed by atoms with Gasteiger partial charge in [-0.1, -0.05) is 6.92 Å². The Morgan fingerprint density at radius 3 is 2.78 bits per heavy atom. The summed E-state index contributed by atoms with van der Waals surface area (Å²) in [5, 5.41) is 3.48. The number of hydrogen-bond donors (Lipinski definition) is 1. The van der Waals surface area contributed by atoms with Gasteiger partial charge in [-0.05, 0) is 62.9 Å². The van der Waals surface area contributed by atoms with Crippen molar-refractivity contribution < 1.29 is 4.74 Å². The summed E-state index contributed by atoms with van der Waals surface area (Å²) in [6.45, 7) is 9.13. The van der Waals surface area contributed by atoms with Gasteiger partial charge in [0.05, 0.1) is 6.61 Å². The number of rotatable bonds is 10. The van der Waals surface area contributed by atoms with Crippen molar-refractivity contribution >= 4 is 11.8 Å². The van der Waals surface area contributed by atoms with Crippen LogP contribution in [-0.4, -0.2) is 62.8 Å². The largest absolute Gasteiger partial charge is 0.383 e. The molecule has 1 aliphatic heterocycles. The highest BCUT2D eigenvalue weighted by Crippen LogP contribution is 2.16. The van der Waals surface area contributed by atoms with Crippen molar-refractivity contribution in [3.63, 3.8) is 0 Å². The Labute approximate surface area is 117 Å². The van der Waals surface area contributed by atoms with Gasteiger partial charge >= 0.3 is 0 Å². The fraction of sp³-hybridized carbons (Fsp3) is 1.00. The molecule has 4 heteroatoms. The number of hydrogen-bond acceptors (Lipinski definition) is 4. The van der Waals surface area contributed by atoms with E-state index in [2.05, 4.69) is 28.9 Å². The fourth-order valence-corrected chi connectivity index (χ4v) is 3.05. The lowest BCUT2D eigenvalue weighted by Gasteiger charge is -2.32. The van der Waals surface area contributed by atoms with E-state index in [1.807, 2.05) is 0 Å². The highest BCUT2D eigenvalue weighted by molar-refractivity contribution is 7.99. The molecule has 0 aromatic carbocycles. The van der Waals surface area contributed by atoms with Gasteiger partial charge in [0.25, 0.3) is 0 Å². The number of likely N-dealkylation sites (tertiary alicyclic amines) is 1. The maximum atomic E-state index is 5.04. The molecule has 0 saturated carbocycles. The number of nitrogens with one attached hydrogen (secondary N) is 1. The molecule has 0 radical (unpaired) electrons. The second-order valence-corrected chi connectivity index (χ2v) is 6.43. The summed E-state index contributed by atoms with van der Waals surface area (Å²) in [6, 6.07) is 0. The van der Waals surface area contributed by atoms with E-state index in [4.69, 9.17) is 4.74 Å². The van der Waals surface area contributed by atoms with Gasteiger partial charge in [-0.2, -0.15) is 11.8 Å². The monoisotopic (exact) mass is 274 g/mol. The second kappa shape index (κ2) is 11.1. The number of nitrogens with zero attached hydrogens (tertiary/aromatic N) is 1. The Bertz CT molecular complexity index is 165. The van der Waals surface area contributed by atoms with Gasteiger partial charge in [0.1, 0.15) is 0 Å². The maximum Gasteiger partial charge on any atom is 0.0587 e. The van der Waals surface area contributed by atoms with E-state index < -0.39 is 0 Å². The van der Waals surface area contributed by atoms with Gasteiger partial charge < -0.3 is 15.0 Å². The van der Waals surface area contributed by atoms with E-state index in [0.29, 0.717) is 0 Å². The Morgan fingerprint density at radius 1 is 1.33 bits per heavy atom. The maximum absolute atomic E-state index is 5.04. The minimum atomic E-state index is 0.827. The lowest BCUT2D eigenvalue weighted by molar-refractivity contribution is 0.173. The summed E-state index contributed by atoms with van der Waals surface area (Å²) >= 11 is 2.06. The first-order valence-electron chi connectivity index (χ1n) is 7.36. The molecule has 0 spiro atoms. The molecular formula is C14H30N2OS. The quantitative estimate of drug-likeness (QED) is 0.617. The van der Waals surface area contributed by atoms with Crippen molar-refractivity contribution in [2.24, 2.45) is 5.92 Å². The average molecular weight is 274 g/mol. The highest BCUT2D eigenvalue weighted by atomic mass is 32.2. The average Bonchev–Trinajstić information content (AvgIpc) is 2.41. The topological polar surface area (TPSA) is 24.5 Å². The molecule has 0 aromatic rings. The smallest absolute Gasteiger partial charge is 0.0587 e. The van der Waals surface area contributed by atoms with Crippen molar-refractivity contribution in [3.8, 4) is 0 Å². The van der Waals surface area contributed by atoms with Crippen LogP contribution in [0.15, 0.2) is 0 Å². The summed E-state index contributed by atoms with van der Waals surface area (Å²) < 4.78 is 5.04. The predicted octanol–water partition coefficient (Wildman–Crippen LogP) is 2.08. The number of methoxy groups -OCH3 is 1. The van der Waals surface area contributed by atoms with Gasteiger partial charge in [0.15, 0.2) is 0 Å². The van der Waals surface area contributed by atoms with Gasteiger partial charge in [-0.25, -0.2) is 0 Å². The minimum Gasteiger partial charge on any atom is -0.383 e. The van der Waals surface area contributed by atoms with Crippen LogP contribution in [0.1, 0.15) is 26.2 Å². The molecule has 0 aliphatic carbocycles. The third kappa shape index (κ3) is 7.62. The summed E-state index contributed by atoms with van der Waals surface area (Å²) in [6.07, 6.45) is 4.08. The first kappa shape index (κ1) is 16.3. The Balaban J connectivity index is 1.95. The van der Waals surface area contributed by atoms with E-state index in [0.717, 1.165) is 19.1 Å². The van der Waals surface area contributed by atoms with Crippen LogP contribution in [0, 0.1) is 5.92 Å². The van der Waals surface area contributed by atoms with Crippen molar-refractivity contribution in [2.75, 3.05) is 57.9 Å². The summed E-state index contributed by atoms with van der Waals surface area (Å²) in [5.74, 6) is 3.47. The van der Waals surface area contributed by atoms with Crippen molar-refractivity contribution in [1.29, 1.82) is 0 Å². The van der Waals surface area contributed by atoms with Crippen LogP contribution in [0.4, 0.5) is 0 Å². The Hall–Kier alpha value is 0.230. The summed E-state index contributed by atoms with van der Waals surface area (Å²) in [5.41, 5.74) is 0. The molecule has 3 nitrogen and oxygen atoms in total. The van der Waals surface area contributed by atoms with E-state index in [-0.39, 0.29) is 0 Å². The molecule has 1 N–H and O–H groups in total. The molecule has 0 atom stereocenters. The molecule has 18 heavy (non-hydrogen) atoms. The van der Waals surface area contributed by atoms with Crippen molar-refractivity contribution in [2.45, 2.75) is 26.2 Å². The Kier molecular flexibility index (Phi) is 10.0. The lowest BCUT2D eigenvalue weighted by atomic mass is 9.97. The zero-order chi connectivity index (χ0) is 13.1. The third-order valence-electron chi connectivity index (χ3n) is 3.59. The molecule has 0 aromatic heterocycles. The molecule has 0 bridgehead atoms. The molecule has 0 amide bonds. The number of piperidine rings is 1. The van der Waals surface area contributed by atoms with Crippen LogP contribution < -0.4 is 5.32 Å². The van der Waals surface area contributed by atoms with Crippen LogP contribution in [0.3, 0.4) is 0 Å². The zero-order valence-corrected chi connectivity index (χ0v) is 12.9. The minimum absolute atomic E-state index is 0.827. The standard InChI is InChI=1S/C14H30N2OS/c1-3-18-12-4-8-16-9-5-14(6-10-16)13-15-7-11-17-2/h14-15H,3-13H2,1-2H3. The fourth-order valence-electron chi connectivity index (χ4n) is 2.43. The van der Waals surface area contributed by atoms with Gasteiger partial charge in [-0.15, -0.1) is 0 Å². The van der Waals surface area contributed by atoms with Crippen LogP contribution in [0.25, 0.3) is 0 Å². The van der Waals surface area contributed by atoms with Crippen LogP contribution >= 0.6 is 11.8 Å². The molecule has 0 unspecified atom stereocenters. The molecule has 108 valence electrons. The number of ether oxygens (including phenoxy) is 1. The van der Waals surface area contributed by atoms with Crippen LogP contribution in [0.5, 0.6) is 0 Å². The second-order valence-electron chi connectivity index (χ2n) is 5.03. The summed E-state index contributed by atoms with van der Waals surface area (Å²) in [7, 11) is 1.76. The van der Waals surface area contributed by atoms with E-state index >= 15 is 0 Å². The van der Waals surface area contributed by atoms with Crippen molar-refractivity contribution in [1.82, 2.24) is 10.2 Å². The Morgan fingerprint density at radius 2 is 2.11 bits per heavy atom. The van der Waals surface area contributed by atoms with E-state index in [1.54, 1.807) is 7.11 Å². The molecule has 1 rings (SSSR count). The lowest BCUT2D eigenvalue weighted by Crippen LogP contribution is -2.38. The van der Waals surface area contributed by atoms with Crippen molar-refractivity contribution in [3.05, 3.63) is 0 Å². The van der Waals surface area contributed by atoms with Crippen LogP contribution in [-0.2, 0) is 4.74 Å². The number of thioether (sulfide) groups is 1.